The van der Waals surface area contributed by atoms with Crippen molar-refractivity contribution in [2.24, 2.45) is 5.10 Å². The minimum atomic E-state index is -0.126. The number of rotatable bonds is 5. The summed E-state index contributed by atoms with van der Waals surface area (Å²) in [6, 6.07) is 3.29. The molecule has 6 heteroatoms. The molecule has 0 heterocycles. The van der Waals surface area contributed by atoms with Crippen LogP contribution in [0.1, 0.15) is 25.3 Å². The van der Waals surface area contributed by atoms with E-state index in [0.717, 1.165) is 6.42 Å². The van der Waals surface area contributed by atoms with Gasteiger partial charge in [0, 0.05) is 6.42 Å². The standard InChI is InChI=1S/C12H15BrN2O3/c1-3-4-11(16)15-14-7-8-5-9(13)12(17)10(6-8)18-2/h5-7,17H,3-4H2,1-2H3,(H,15,16)/b14-7+. The summed E-state index contributed by atoms with van der Waals surface area (Å²) in [4.78, 5) is 11.2. The average molecular weight is 315 g/mol. The van der Waals surface area contributed by atoms with Crippen LogP contribution in [0.15, 0.2) is 21.7 Å². The van der Waals surface area contributed by atoms with Crippen LogP contribution in [0.5, 0.6) is 11.5 Å². The zero-order valence-electron chi connectivity index (χ0n) is 10.2. The summed E-state index contributed by atoms with van der Waals surface area (Å²) in [6.45, 7) is 1.92. The van der Waals surface area contributed by atoms with Gasteiger partial charge in [-0.15, -0.1) is 0 Å². The zero-order chi connectivity index (χ0) is 13.5. The highest BCUT2D eigenvalue weighted by Crippen LogP contribution is 2.34. The molecule has 0 saturated carbocycles. The summed E-state index contributed by atoms with van der Waals surface area (Å²) in [6.07, 6.45) is 2.71. The Morgan fingerprint density at radius 3 is 2.94 bits per heavy atom. The molecule has 0 saturated heterocycles. The van der Waals surface area contributed by atoms with Crippen LogP contribution in [-0.2, 0) is 4.79 Å². The van der Waals surface area contributed by atoms with Gasteiger partial charge in [0.1, 0.15) is 0 Å². The lowest BCUT2D eigenvalue weighted by Gasteiger charge is -2.06. The Labute approximate surface area is 114 Å². The number of hydrogen-bond donors (Lipinski definition) is 2. The second-order valence-electron chi connectivity index (χ2n) is 3.60. The molecule has 0 fully saturated rings. The molecule has 0 aliphatic heterocycles. The number of phenols is 1. The van der Waals surface area contributed by atoms with Crippen LogP contribution >= 0.6 is 15.9 Å². The smallest absolute Gasteiger partial charge is 0.240 e. The van der Waals surface area contributed by atoms with E-state index in [2.05, 4.69) is 26.5 Å². The first kappa shape index (κ1) is 14.5. The van der Waals surface area contributed by atoms with Gasteiger partial charge in [-0.1, -0.05) is 6.92 Å². The Bertz CT molecular complexity index is 461. The number of aromatic hydroxyl groups is 1. The van der Waals surface area contributed by atoms with E-state index >= 15 is 0 Å². The molecule has 0 unspecified atom stereocenters. The predicted octanol–water partition coefficient (Wildman–Crippen LogP) is 2.41. The van der Waals surface area contributed by atoms with Crippen molar-refractivity contribution >= 4 is 28.1 Å². The molecule has 0 radical (unpaired) electrons. The fraction of sp³-hybridized carbons (Fsp3) is 0.333. The maximum atomic E-state index is 11.2. The van der Waals surface area contributed by atoms with Crippen molar-refractivity contribution in [2.75, 3.05) is 7.11 Å². The molecular weight excluding hydrogens is 300 g/mol. The van der Waals surface area contributed by atoms with Gasteiger partial charge in [0.25, 0.3) is 0 Å². The fourth-order valence-electron chi connectivity index (χ4n) is 1.29. The number of nitrogens with zero attached hydrogens (tertiary/aromatic N) is 1. The molecule has 0 aliphatic rings. The first-order chi connectivity index (χ1) is 8.58. The normalized spacial score (nSPS) is 10.6. The van der Waals surface area contributed by atoms with E-state index in [-0.39, 0.29) is 11.7 Å². The summed E-state index contributed by atoms with van der Waals surface area (Å²) < 4.78 is 5.51. The van der Waals surface area contributed by atoms with Gasteiger partial charge in [-0.05, 0) is 40.0 Å². The summed E-state index contributed by atoms with van der Waals surface area (Å²) in [5, 5.41) is 13.4. The van der Waals surface area contributed by atoms with Crippen LogP contribution in [0.3, 0.4) is 0 Å². The first-order valence-corrected chi connectivity index (χ1v) is 6.26. The molecule has 5 nitrogen and oxygen atoms in total. The number of phenolic OH excluding ortho intramolecular Hbond substituents is 1. The molecular formula is C12H15BrN2O3. The number of carbonyl (C=O) groups excluding carboxylic acids is 1. The molecule has 1 aromatic carbocycles. The second-order valence-corrected chi connectivity index (χ2v) is 4.45. The van der Waals surface area contributed by atoms with Crippen LogP contribution in [0.2, 0.25) is 0 Å². The number of halogens is 1. The van der Waals surface area contributed by atoms with Gasteiger partial charge < -0.3 is 9.84 Å². The maximum absolute atomic E-state index is 11.2. The number of benzene rings is 1. The molecule has 98 valence electrons. The molecule has 0 atom stereocenters. The fourth-order valence-corrected chi connectivity index (χ4v) is 1.75. The number of hydrogen-bond acceptors (Lipinski definition) is 4. The molecule has 0 bridgehead atoms. The third kappa shape index (κ3) is 4.03. The Morgan fingerprint density at radius 2 is 2.33 bits per heavy atom. The predicted molar refractivity (Wildman–Crippen MR) is 73.0 cm³/mol. The molecule has 1 amide bonds. The number of ether oxygens (including phenoxy) is 1. The number of nitrogens with one attached hydrogen (secondary N) is 1. The second kappa shape index (κ2) is 7.00. The highest BCUT2D eigenvalue weighted by molar-refractivity contribution is 9.10. The zero-order valence-corrected chi connectivity index (χ0v) is 11.8. The van der Waals surface area contributed by atoms with Gasteiger partial charge in [-0.25, -0.2) is 5.43 Å². The van der Waals surface area contributed by atoms with Crippen molar-refractivity contribution in [3.63, 3.8) is 0 Å². The molecule has 0 aliphatic carbocycles. The van der Waals surface area contributed by atoms with Gasteiger partial charge in [-0.2, -0.15) is 5.10 Å². The topological polar surface area (TPSA) is 70.9 Å². The van der Waals surface area contributed by atoms with Crippen LogP contribution in [0, 0.1) is 0 Å². The molecule has 0 aromatic heterocycles. The largest absolute Gasteiger partial charge is 0.503 e. The summed E-state index contributed by atoms with van der Waals surface area (Å²) in [5.74, 6) is 0.244. The van der Waals surface area contributed by atoms with Gasteiger partial charge in [0.05, 0.1) is 17.8 Å². The highest BCUT2D eigenvalue weighted by Gasteiger charge is 2.07. The lowest BCUT2D eigenvalue weighted by atomic mass is 10.2. The molecule has 18 heavy (non-hydrogen) atoms. The number of methoxy groups -OCH3 is 1. The van der Waals surface area contributed by atoms with Gasteiger partial charge >= 0.3 is 0 Å². The average Bonchev–Trinajstić information content (AvgIpc) is 2.33. The molecule has 1 rings (SSSR count). The Hall–Kier alpha value is -1.56. The van der Waals surface area contributed by atoms with E-state index in [0.29, 0.717) is 22.2 Å². The van der Waals surface area contributed by atoms with E-state index in [1.54, 1.807) is 12.1 Å². The van der Waals surface area contributed by atoms with E-state index in [1.165, 1.54) is 13.3 Å². The van der Waals surface area contributed by atoms with Gasteiger partial charge in [0.15, 0.2) is 11.5 Å². The minimum absolute atomic E-state index is 0.0321. The van der Waals surface area contributed by atoms with Crippen LogP contribution in [-0.4, -0.2) is 24.3 Å². The number of amides is 1. The summed E-state index contributed by atoms with van der Waals surface area (Å²) in [7, 11) is 1.46. The minimum Gasteiger partial charge on any atom is -0.503 e. The number of carbonyl (C=O) groups is 1. The number of hydrazone groups is 1. The Balaban J connectivity index is 2.76. The van der Waals surface area contributed by atoms with Crippen LogP contribution in [0.4, 0.5) is 0 Å². The van der Waals surface area contributed by atoms with E-state index in [4.69, 9.17) is 4.74 Å². The molecule has 1 aromatic rings. The van der Waals surface area contributed by atoms with Crippen molar-refractivity contribution in [1.82, 2.24) is 5.43 Å². The quantitative estimate of drug-likeness (QED) is 0.647. The van der Waals surface area contributed by atoms with Crippen molar-refractivity contribution in [3.05, 3.63) is 22.2 Å². The van der Waals surface area contributed by atoms with Crippen LogP contribution < -0.4 is 10.2 Å². The monoisotopic (exact) mass is 314 g/mol. The lowest BCUT2D eigenvalue weighted by molar-refractivity contribution is -0.121. The molecule has 2 N–H and O–H groups in total. The first-order valence-electron chi connectivity index (χ1n) is 5.46. The Kier molecular flexibility index (Phi) is 5.64. The Morgan fingerprint density at radius 1 is 1.61 bits per heavy atom. The van der Waals surface area contributed by atoms with E-state index in [9.17, 15) is 9.90 Å². The van der Waals surface area contributed by atoms with E-state index < -0.39 is 0 Å². The van der Waals surface area contributed by atoms with E-state index in [1.807, 2.05) is 6.92 Å². The van der Waals surface area contributed by atoms with Gasteiger partial charge in [-0.3, -0.25) is 4.79 Å². The van der Waals surface area contributed by atoms with Crippen molar-refractivity contribution in [2.45, 2.75) is 19.8 Å². The van der Waals surface area contributed by atoms with Crippen molar-refractivity contribution in [3.8, 4) is 11.5 Å². The third-order valence-corrected chi connectivity index (χ3v) is 2.76. The van der Waals surface area contributed by atoms with Crippen molar-refractivity contribution < 1.29 is 14.6 Å². The van der Waals surface area contributed by atoms with Crippen molar-refractivity contribution in [1.29, 1.82) is 0 Å². The lowest BCUT2D eigenvalue weighted by Crippen LogP contribution is -2.16. The summed E-state index contributed by atoms with van der Waals surface area (Å²) >= 11 is 3.20. The highest BCUT2D eigenvalue weighted by atomic mass is 79.9. The SMILES string of the molecule is CCCC(=O)N/N=C/c1cc(Br)c(O)c(OC)c1. The molecule has 0 spiro atoms. The third-order valence-electron chi connectivity index (χ3n) is 2.15. The summed E-state index contributed by atoms with van der Waals surface area (Å²) in [5.41, 5.74) is 3.12. The van der Waals surface area contributed by atoms with Crippen LogP contribution in [0.25, 0.3) is 0 Å². The van der Waals surface area contributed by atoms with Gasteiger partial charge in [0.2, 0.25) is 5.91 Å². The maximum Gasteiger partial charge on any atom is 0.240 e.